The van der Waals surface area contributed by atoms with Crippen LogP contribution in [0.4, 0.5) is 0 Å². The van der Waals surface area contributed by atoms with E-state index in [1.165, 1.54) is 6.39 Å². The number of nitrogens with zero attached hydrogens (tertiary/aromatic N) is 1. The van der Waals surface area contributed by atoms with Gasteiger partial charge in [0, 0.05) is 6.61 Å². The third-order valence-corrected chi connectivity index (χ3v) is 3.89. The van der Waals surface area contributed by atoms with Gasteiger partial charge in [0.25, 0.3) is 5.91 Å². The van der Waals surface area contributed by atoms with Crippen LogP contribution in [0.15, 0.2) is 41.1 Å². The van der Waals surface area contributed by atoms with Crippen LogP contribution >= 0.6 is 0 Å². The van der Waals surface area contributed by atoms with E-state index in [9.17, 15) is 4.79 Å². The van der Waals surface area contributed by atoms with E-state index in [1.54, 1.807) is 6.92 Å². The fourth-order valence-electron chi connectivity index (χ4n) is 2.58. The van der Waals surface area contributed by atoms with Gasteiger partial charge in [0.2, 0.25) is 0 Å². The lowest BCUT2D eigenvalue weighted by atomic mass is 10.1. The highest BCUT2D eigenvalue weighted by molar-refractivity contribution is 5.93. The van der Waals surface area contributed by atoms with E-state index < -0.39 is 0 Å². The van der Waals surface area contributed by atoms with Gasteiger partial charge in [-0.3, -0.25) is 4.79 Å². The molecule has 1 aliphatic heterocycles. The number of carbonyl (C=O) groups is 1. The summed E-state index contributed by atoms with van der Waals surface area (Å²) in [6.45, 7) is 3.28. The Morgan fingerprint density at radius 1 is 1.39 bits per heavy atom. The Balaban J connectivity index is 1.60. The summed E-state index contributed by atoms with van der Waals surface area (Å²) in [6.07, 6.45) is 1.81. The van der Waals surface area contributed by atoms with Gasteiger partial charge < -0.3 is 19.2 Å². The number of ether oxygens (including phenoxy) is 2. The molecule has 1 amide bonds. The minimum absolute atomic E-state index is 0.101. The van der Waals surface area contributed by atoms with Gasteiger partial charge >= 0.3 is 0 Å². The normalized spacial score (nSPS) is 21.1. The highest BCUT2D eigenvalue weighted by Gasteiger charge is 2.29. The smallest absolute Gasteiger partial charge is 0.273 e. The number of oxazole rings is 1. The fraction of sp³-hybridized carbons (Fsp3) is 0.412. The molecule has 6 heteroatoms. The molecular weight excluding hydrogens is 296 g/mol. The first kappa shape index (κ1) is 15.7. The molecule has 23 heavy (non-hydrogen) atoms. The summed E-state index contributed by atoms with van der Waals surface area (Å²) in [6, 6.07) is 9.84. The van der Waals surface area contributed by atoms with Gasteiger partial charge in [0.1, 0.15) is 11.9 Å². The number of nitrogens with one attached hydrogen (secondary N) is 1. The Morgan fingerprint density at radius 2 is 2.22 bits per heavy atom. The van der Waals surface area contributed by atoms with Crippen molar-refractivity contribution in [3.63, 3.8) is 0 Å². The molecule has 0 saturated carbocycles. The number of carbonyl (C=O) groups excluding carboxylic acids is 1. The van der Waals surface area contributed by atoms with Crippen molar-refractivity contribution >= 4 is 5.91 Å². The summed E-state index contributed by atoms with van der Waals surface area (Å²) < 4.78 is 16.5. The van der Waals surface area contributed by atoms with Crippen LogP contribution in [0.3, 0.4) is 0 Å². The minimum atomic E-state index is -0.239. The van der Waals surface area contributed by atoms with E-state index >= 15 is 0 Å². The van der Waals surface area contributed by atoms with Crippen LogP contribution in [-0.4, -0.2) is 36.3 Å². The fourth-order valence-corrected chi connectivity index (χ4v) is 2.58. The number of amides is 1. The second kappa shape index (κ2) is 7.39. The van der Waals surface area contributed by atoms with Crippen molar-refractivity contribution in [2.45, 2.75) is 32.1 Å². The molecule has 1 aliphatic rings. The van der Waals surface area contributed by atoms with Crippen molar-refractivity contribution in [2.75, 3.05) is 13.2 Å². The molecule has 0 spiro atoms. The predicted molar refractivity (Wildman–Crippen MR) is 82.9 cm³/mol. The molecule has 2 atom stereocenters. The Morgan fingerprint density at radius 3 is 2.96 bits per heavy atom. The maximum atomic E-state index is 12.3. The molecule has 3 rings (SSSR count). The van der Waals surface area contributed by atoms with Crippen LogP contribution in [0.25, 0.3) is 0 Å². The number of aromatic nitrogens is 1. The topological polar surface area (TPSA) is 73.6 Å². The third-order valence-electron chi connectivity index (χ3n) is 3.89. The summed E-state index contributed by atoms with van der Waals surface area (Å²) in [7, 11) is 0. The monoisotopic (exact) mass is 316 g/mol. The molecule has 2 aromatic rings. The molecule has 1 N–H and O–H groups in total. The maximum Gasteiger partial charge on any atom is 0.273 e. The van der Waals surface area contributed by atoms with E-state index in [-0.39, 0.29) is 18.1 Å². The van der Waals surface area contributed by atoms with E-state index in [0.29, 0.717) is 37.7 Å². The summed E-state index contributed by atoms with van der Waals surface area (Å²) in [5.74, 6) is 0.271. The second-order valence-electron chi connectivity index (χ2n) is 5.54. The van der Waals surface area contributed by atoms with Crippen molar-refractivity contribution in [1.82, 2.24) is 10.3 Å². The van der Waals surface area contributed by atoms with Crippen LogP contribution in [0.1, 0.15) is 28.2 Å². The van der Waals surface area contributed by atoms with Crippen molar-refractivity contribution in [3.05, 3.63) is 53.7 Å². The lowest BCUT2D eigenvalue weighted by Crippen LogP contribution is -2.50. The zero-order valence-electron chi connectivity index (χ0n) is 13.0. The minimum Gasteiger partial charge on any atom is -0.448 e. The lowest BCUT2D eigenvalue weighted by Gasteiger charge is -2.32. The number of hydrogen-bond donors (Lipinski definition) is 1. The van der Waals surface area contributed by atoms with Crippen LogP contribution in [0.5, 0.6) is 0 Å². The summed E-state index contributed by atoms with van der Waals surface area (Å²) >= 11 is 0. The average Bonchev–Trinajstić information content (AvgIpc) is 3.01. The Labute approximate surface area is 134 Å². The van der Waals surface area contributed by atoms with Gasteiger partial charge in [-0.2, -0.15) is 0 Å². The molecular formula is C17H20N2O4. The van der Waals surface area contributed by atoms with Crippen LogP contribution in [0.2, 0.25) is 0 Å². The van der Waals surface area contributed by atoms with E-state index in [2.05, 4.69) is 10.3 Å². The Kier molecular flexibility index (Phi) is 5.05. The zero-order valence-corrected chi connectivity index (χ0v) is 13.0. The van der Waals surface area contributed by atoms with E-state index in [4.69, 9.17) is 13.9 Å². The number of rotatable bonds is 5. The highest BCUT2D eigenvalue weighted by atomic mass is 16.5. The first-order valence-electron chi connectivity index (χ1n) is 7.68. The van der Waals surface area contributed by atoms with Gasteiger partial charge in [-0.1, -0.05) is 30.3 Å². The lowest BCUT2D eigenvalue weighted by molar-refractivity contribution is -0.0736. The van der Waals surface area contributed by atoms with Gasteiger partial charge in [0.15, 0.2) is 12.1 Å². The molecule has 1 aromatic heterocycles. The summed E-state index contributed by atoms with van der Waals surface area (Å²) in [5.41, 5.74) is 1.41. The van der Waals surface area contributed by atoms with E-state index in [1.807, 2.05) is 30.3 Å². The van der Waals surface area contributed by atoms with Crippen molar-refractivity contribution < 1.29 is 18.7 Å². The summed E-state index contributed by atoms with van der Waals surface area (Å²) in [5, 5.41) is 2.98. The molecule has 1 aromatic carbocycles. The van der Waals surface area contributed by atoms with Crippen molar-refractivity contribution in [3.8, 4) is 0 Å². The standard InChI is InChI=1S/C17H20N2O4/c1-12-16(18-11-23-12)17(20)19-14-7-8-21-10-15(14)22-9-13-5-3-2-4-6-13/h2-6,11,14-15H,7-10H2,1H3,(H,19,20)/t14-,15-/m1/s1. The second-order valence-corrected chi connectivity index (χ2v) is 5.54. The summed E-state index contributed by atoms with van der Waals surface area (Å²) in [4.78, 5) is 16.2. The molecule has 2 heterocycles. The quantitative estimate of drug-likeness (QED) is 0.914. The van der Waals surface area contributed by atoms with Gasteiger partial charge in [-0.25, -0.2) is 4.98 Å². The first-order valence-corrected chi connectivity index (χ1v) is 7.68. The highest BCUT2D eigenvalue weighted by Crippen LogP contribution is 2.15. The SMILES string of the molecule is Cc1ocnc1C(=O)N[C@@H]1CCOC[C@H]1OCc1ccccc1. The van der Waals surface area contributed by atoms with Crippen LogP contribution in [-0.2, 0) is 16.1 Å². The van der Waals surface area contributed by atoms with E-state index in [0.717, 1.165) is 5.56 Å². The number of hydrogen-bond acceptors (Lipinski definition) is 5. The number of aryl methyl sites for hydroxylation is 1. The number of benzene rings is 1. The largest absolute Gasteiger partial charge is 0.448 e. The van der Waals surface area contributed by atoms with Gasteiger partial charge in [0.05, 0.1) is 19.3 Å². The van der Waals surface area contributed by atoms with Crippen LogP contribution in [0, 0.1) is 6.92 Å². The average molecular weight is 316 g/mol. The molecule has 1 saturated heterocycles. The molecule has 122 valence electrons. The van der Waals surface area contributed by atoms with Crippen LogP contribution < -0.4 is 5.32 Å². The zero-order chi connectivity index (χ0) is 16.1. The van der Waals surface area contributed by atoms with Crippen molar-refractivity contribution in [2.24, 2.45) is 0 Å². The maximum absolute atomic E-state index is 12.3. The molecule has 6 nitrogen and oxygen atoms in total. The van der Waals surface area contributed by atoms with Crippen molar-refractivity contribution in [1.29, 1.82) is 0 Å². The predicted octanol–water partition coefficient (Wildman–Crippen LogP) is 2.09. The molecule has 0 radical (unpaired) electrons. The molecule has 1 fully saturated rings. The first-order chi connectivity index (χ1) is 11.2. The molecule has 0 bridgehead atoms. The Hall–Kier alpha value is -2.18. The molecule has 0 unspecified atom stereocenters. The van der Waals surface area contributed by atoms with Gasteiger partial charge in [-0.15, -0.1) is 0 Å². The molecule has 0 aliphatic carbocycles. The van der Waals surface area contributed by atoms with Gasteiger partial charge in [-0.05, 0) is 18.9 Å². The Bertz CT molecular complexity index is 641. The third kappa shape index (κ3) is 3.97.